The zero-order valence-electron chi connectivity index (χ0n) is 8.67. The van der Waals surface area contributed by atoms with E-state index in [4.69, 9.17) is 4.55 Å². The molecule has 5 heteroatoms. The lowest BCUT2D eigenvalue weighted by atomic mass is 9.69. The Morgan fingerprint density at radius 2 is 1.80 bits per heavy atom. The van der Waals surface area contributed by atoms with Gasteiger partial charge in [0, 0.05) is 0 Å². The molecular formula is C10H18O4S. The van der Waals surface area contributed by atoms with E-state index in [0.717, 1.165) is 25.7 Å². The SMILES string of the molecule is O=S(=O)(O)C1CCC2C(O)CCCC2C1. The van der Waals surface area contributed by atoms with E-state index in [1.165, 1.54) is 0 Å². The second kappa shape index (κ2) is 4.03. The summed E-state index contributed by atoms with van der Waals surface area (Å²) in [7, 11) is -3.88. The highest BCUT2D eigenvalue weighted by Crippen LogP contribution is 2.42. The van der Waals surface area contributed by atoms with Crippen molar-refractivity contribution in [1.29, 1.82) is 0 Å². The van der Waals surface area contributed by atoms with Gasteiger partial charge in [-0.2, -0.15) is 8.42 Å². The summed E-state index contributed by atoms with van der Waals surface area (Å²) < 4.78 is 31.1. The average Bonchev–Trinajstić information content (AvgIpc) is 2.16. The summed E-state index contributed by atoms with van der Waals surface area (Å²) in [6, 6.07) is 0. The van der Waals surface area contributed by atoms with E-state index in [1.807, 2.05) is 0 Å². The molecule has 0 aromatic carbocycles. The van der Waals surface area contributed by atoms with Crippen LogP contribution in [0.15, 0.2) is 0 Å². The van der Waals surface area contributed by atoms with Gasteiger partial charge in [-0.25, -0.2) is 0 Å². The Bertz CT molecular complexity index is 324. The molecule has 4 atom stereocenters. The van der Waals surface area contributed by atoms with Crippen LogP contribution in [-0.4, -0.2) is 29.4 Å². The molecule has 2 rings (SSSR count). The smallest absolute Gasteiger partial charge is 0.267 e. The van der Waals surface area contributed by atoms with Crippen molar-refractivity contribution in [2.24, 2.45) is 11.8 Å². The summed E-state index contributed by atoms with van der Waals surface area (Å²) >= 11 is 0. The van der Waals surface area contributed by atoms with Gasteiger partial charge in [0.15, 0.2) is 0 Å². The first-order valence-corrected chi connectivity index (χ1v) is 7.13. The highest BCUT2D eigenvalue weighted by Gasteiger charge is 2.40. The molecule has 0 amide bonds. The van der Waals surface area contributed by atoms with E-state index in [-0.39, 0.29) is 17.9 Å². The third kappa shape index (κ3) is 2.34. The molecule has 2 fully saturated rings. The molecule has 0 aromatic rings. The number of aliphatic hydroxyl groups is 1. The summed E-state index contributed by atoms with van der Waals surface area (Å²) in [6.45, 7) is 0. The van der Waals surface area contributed by atoms with Crippen molar-refractivity contribution in [2.45, 2.75) is 49.9 Å². The third-order valence-corrected chi connectivity index (χ3v) is 5.25. The predicted molar refractivity (Wildman–Crippen MR) is 56.0 cm³/mol. The van der Waals surface area contributed by atoms with Gasteiger partial charge in [-0.1, -0.05) is 6.42 Å². The van der Waals surface area contributed by atoms with Gasteiger partial charge >= 0.3 is 0 Å². The van der Waals surface area contributed by atoms with Crippen molar-refractivity contribution in [3.05, 3.63) is 0 Å². The Hall–Kier alpha value is -0.130. The zero-order chi connectivity index (χ0) is 11.1. The number of hydrogen-bond acceptors (Lipinski definition) is 3. The second-order valence-electron chi connectivity index (χ2n) is 4.87. The van der Waals surface area contributed by atoms with Crippen LogP contribution >= 0.6 is 0 Å². The molecule has 0 aromatic heterocycles. The molecule has 0 bridgehead atoms. The fraction of sp³-hybridized carbons (Fsp3) is 1.00. The van der Waals surface area contributed by atoms with Crippen LogP contribution < -0.4 is 0 Å². The van der Waals surface area contributed by atoms with Crippen LogP contribution in [0.4, 0.5) is 0 Å². The van der Waals surface area contributed by atoms with Crippen LogP contribution in [0, 0.1) is 11.8 Å². The first-order valence-electron chi connectivity index (χ1n) is 5.63. The Labute approximate surface area is 90.4 Å². The van der Waals surface area contributed by atoms with Crippen LogP contribution in [0.2, 0.25) is 0 Å². The molecule has 4 nitrogen and oxygen atoms in total. The van der Waals surface area contributed by atoms with Gasteiger partial charge in [0.1, 0.15) is 0 Å². The fourth-order valence-electron chi connectivity index (χ4n) is 3.16. The molecule has 2 aliphatic carbocycles. The highest BCUT2D eigenvalue weighted by molar-refractivity contribution is 7.86. The maximum atomic E-state index is 11.0. The summed E-state index contributed by atoms with van der Waals surface area (Å²) in [5, 5.41) is 9.19. The van der Waals surface area contributed by atoms with Gasteiger partial charge in [0.2, 0.25) is 0 Å². The van der Waals surface area contributed by atoms with E-state index < -0.39 is 15.4 Å². The topological polar surface area (TPSA) is 74.6 Å². The molecule has 0 heterocycles. The minimum absolute atomic E-state index is 0.258. The van der Waals surface area contributed by atoms with Crippen LogP contribution in [0.25, 0.3) is 0 Å². The van der Waals surface area contributed by atoms with Crippen molar-refractivity contribution in [1.82, 2.24) is 0 Å². The first kappa shape index (κ1) is 11.4. The lowest BCUT2D eigenvalue weighted by Gasteiger charge is -2.41. The van der Waals surface area contributed by atoms with Crippen LogP contribution in [-0.2, 0) is 10.1 Å². The van der Waals surface area contributed by atoms with E-state index in [0.29, 0.717) is 12.8 Å². The summed E-state index contributed by atoms with van der Waals surface area (Å²) in [5.74, 6) is 0.547. The van der Waals surface area contributed by atoms with Crippen LogP contribution in [0.3, 0.4) is 0 Å². The normalized spacial score (nSPS) is 42.3. The van der Waals surface area contributed by atoms with Crippen molar-refractivity contribution >= 4 is 10.1 Å². The van der Waals surface area contributed by atoms with Gasteiger partial charge in [-0.05, 0) is 43.9 Å². The molecule has 0 aliphatic heterocycles. The van der Waals surface area contributed by atoms with Crippen LogP contribution in [0.1, 0.15) is 38.5 Å². The van der Waals surface area contributed by atoms with Gasteiger partial charge in [-0.15, -0.1) is 0 Å². The summed E-state index contributed by atoms with van der Waals surface area (Å²) in [4.78, 5) is 0. The molecule has 2 N–H and O–H groups in total. The Balaban J connectivity index is 2.06. The molecular weight excluding hydrogens is 216 g/mol. The summed E-state index contributed by atoms with van der Waals surface area (Å²) in [6.07, 6.45) is 4.31. The molecule has 0 spiro atoms. The van der Waals surface area contributed by atoms with Crippen LogP contribution in [0.5, 0.6) is 0 Å². The molecule has 88 valence electrons. The molecule has 2 aliphatic rings. The monoisotopic (exact) mass is 234 g/mol. The van der Waals surface area contributed by atoms with Crippen molar-refractivity contribution < 1.29 is 18.1 Å². The second-order valence-corrected chi connectivity index (χ2v) is 6.57. The Morgan fingerprint density at radius 3 is 2.47 bits per heavy atom. The third-order valence-electron chi connectivity index (χ3n) is 3.98. The van der Waals surface area contributed by atoms with E-state index in [1.54, 1.807) is 0 Å². The molecule has 0 radical (unpaired) electrons. The molecule has 2 saturated carbocycles. The van der Waals surface area contributed by atoms with E-state index in [2.05, 4.69) is 0 Å². The highest BCUT2D eigenvalue weighted by atomic mass is 32.2. The Kier molecular flexibility index (Phi) is 3.05. The largest absolute Gasteiger partial charge is 0.393 e. The van der Waals surface area contributed by atoms with Crippen molar-refractivity contribution in [3.8, 4) is 0 Å². The molecule has 4 unspecified atom stereocenters. The number of fused-ring (bicyclic) bond motifs is 1. The molecule has 0 saturated heterocycles. The number of rotatable bonds is 1. The number of hydrogen-bond donors (Lipinski definition) is 2. The lowest BCUT2D eigenvalue weighted by molar-refractivity contribution is 0.0108. The zero-order valence-corrected chi connectivity index (χ0v) is 9.49. The average molecular weight is 234 g/mol. The summed E-state index contributed by atoms with van der Waals surface area (Å²) in [5.41, 5.74) is 0. The first-order chi connectivity index (χ1) is 6.98. The maximum Gasteiger partial charge on any atom is 0.267 e. The van der Waals surface area contributed by atoms with Crippen molar-refractivity contribution in [2.75, 3.05) is 0 Å². The van der Waals surface area contributed by atoms with E-state index >= 15 is 0 Å². The lowest BCUT2D eigenvalue weighted by Crippen LogP contribution is -2.40. The number of aliphatic hydroxyl groups excluding tert-OH is 1. The van der Waals surface area contributed by atoms with E-state index in [9.17, 15) is 13.5 Å². The Morgan fingerprint density at radius 1 is 1.07 bits per heavy atom. The van der Waals surface area contributed by atoms with Crippen molar-refractivity contribution in [3.63, 3.8) is 0 Å². The van der Waals surface area contributed by atoms with Gasteiger partial charge in [0.25, 0.3) is 10.1 Å². The van der Waals surface area contributed by atoms with Gasteiger partial charge in [-0.3, -0.25) is 4.55 Å². The standard InChI is InChI=1S/C10H18O4S/c11-10-3-1-2-7-6-8(15(12,13)14)4-5-9(7)10/h7-11H,1-6H2,(H,12,13,14). The minimum atomic E-state index is -3.88. The minimum Gasteiger partial charge on any atom is -0.393 e. The van der Waals surface area contributed by atoms with Gasteiger partial charge < -0.3 is 5.11 Å². The quantitative estimate of drug-likeness (QED) is 0.669. The van der Waals surface area contributed by atoms with Gasteiger partial charge in [0.05, 0.1) is 11.4 Å². The maximum absolute atomic E-state index is 11.0. The molecule has 15 heavy (non-hydrogen) atoms. The fourth-order valence-corrected chi connectivity index (χ4v) is 4.08. The predicted octanol–water partition coefficient (Wildman–Crippen LogP) is 1.20.